The van der Waals surface area contributed by atoms with Crippen LogP contribution in [0, 0.1) is 0 Å². The van der Waals surface area contributed by atoms with E-state index < -0.39 is 5.97 Å². The fraction of sp³-hybridized carbons (Fsp3) is 0.176. The number of hydrogen-bond donors (Lipinski definition) is 0. The van der Waals surface area contributed by atoms with Gasteiger partial charge < -0.3 is 9.47 Å². The zero-order chi connectivity index (χ0) is 17.8. The zero-order valence-electron chi connectivity index (χ0n) is 13.6. The minimum Gasteiger partial charge on any atom is -0.496 e. The lowest BCUT2D eigenvalue weighted by Gasteiger charge is -2.10. The molecule has 0 spiro atoms. The van der Waals surface area contributed by atoms with Crippen LogP contribution in [0.2, 0.25) is 0 Å². The van der Waals surface area contributed by atoms with E-state index in [0.29, 0.717) is 16.7 Å². The smallest absolute Gasteiger partial charge is 0.343 e. The van der Waals surface area contributed by atoms with Crippen molar-refractivity contribution >= 4 is 28.6 Å². The largest absolute Gasteiger partial charge is 0.496 e. The zero-order valence-corrected chi connectivity index (χ0v) is 14.4. The van der Waals surface area contributed by atoms with E-state index in [1.807, 2.05) is 6.26 Å². The summed E-state index contributed by atoms with van der Waals surface area (Å²) in [5.74, 6) is -0.194. The summed E-state index contributed by atoms with van der Waals surface area (Å²) in [6, 6.07) is 12.0. The van der Waals surface area contributed by atoms with E-state index in [0.717, 1.165) is 9.58 Å². The van der Waals surface area contributed by atoms with Crippen molar-refractivity contribution in [2.75, 3.05) is 13.4 Å². The van der Waals surface area contributed by atoms with Gasteiger partial charge in [0.2, 0.25) is 0 Å². The van der Waals surface area contributed by atoms with Gasteiger partial charge in [-0.15, -0.1) is 16.9 Å². The molecule has 0 unspecified atom stereocenters. The van der Waals surface area contributed by atoms with Gasteiger partial charge in [-0.2, -0.15) is 4.68 Å². The number of thioether (sulfide) groups is 1. The third kappa shape index (κ3) is 3.48. The molecule has 0 aliphatic heterocycles. The van der Waals surface area contributed by atoms with E-state index in [9.17, 15) is 9.59 Å². The Hall–Kier alpha value is -2.87. The van der Waals surface area contributed by atoms with Crippen LogP contribution in [0.5, 0.6) is 5.75 Å². The van der Waals surface area contributed by atoms with Crippen LogP contribution in [0.3, 0.4) is 0 Å². The monoisotopic (exact) mass is 357 g/mol. The molecule has 7 nitrogen and oxygen atoms in total. The third-order valence-electron chi connectivity index (χ3n) is 3.58. The van der Waals surface area contributed by atoms with E-state index in [1.165, 1.54) is 18.9 Å². The van der Waals surface area contributed by atoms with Gasteiger partial charge in [-0.3, -0.25) is 4.79 Å². The van der Waals surface area contributed by atoms with E-state index in [4.69, 9.17) is 9.47 Å². The van der Waals surface area contributed by atoms with E-state index in [1.54, 1.807) is 42.5 Å². The molecule has 1 aromatic heterocycles. The average Bonchev–Trinajstić information content (AvgIpc) is 2.66. The van der Waals surface area contributed by atoms with Crippen LogP contribution in [0.25, 0.3) is 10.9 Å². The summed E-state index contributed by atoms with van der Waals surface area (Å²) in [4.78, 5) is 25.6. The van der Waals surface area contributed by atoms with E-state index >= 15 is 0 Å². The summed E-state index contributed by atoms with van der Waals surface area (Å²) in [7, 11) is 1.48. The van der Waals surface area contributed by atoms with Crippen molar-refractivity contribution in [2.24, 2.45) is 0 Å². The maximum Gasteiger partial charge on any atom is 0.343 e. The van der Waals surface area contributed by atoms with Crippen LogP contribution in [0.15, 0.2) is 52.2 Å². The molecule has 0 radical (unpaired) electrons. The number of carbonyl (C=O) groups excluding carboxylic acids is 1. The molecule has 0 aliphatic carbocycles. The first-order valence-electron chi connectivity index (χ1n) is 7.35. The molecule has 8 heteroatoms. The Morgan fingerprint density at radius 2 is 2.04 bits per heavy atom. The minimum atomic E-state index is -0.605. The number of esters is 1. The molecule has 0 saturated carbocycles. The van der Waals surface area contributed by atoms with Gasteiger partial charge in [0.15, 0.2) is 6.73 Å². The van der Waals surface area contributed by atoms with Gasteiger partial charge in [-0.1, -0.05) is 17.3 Å². The number of fused-ring (bicyclic) bond motifs is 1. The number of aromatic nitrogens is 3. The third-order valence-corrected chi connectivity index (χ3v) is 4.30. The van der Waals surface area contributed by atoms with Gasteiger partial charge in [0.05, 0.1) is 12.5 Å². The fourth-order valence-electron chi connectivity index (χ4n) is 2.27. The Morgan fingerprint density at radius 1 is 1.24 bits per heavy atom. The van der Waals surface area contributed by atoms with Crippen molar-refractivity contribution in [2.45, 2.75) is 11.6 Å². The molecule has 3 aromatic rings. The highest BCUT2D eigenvalue weighted by Gasteiger charge is 2.15. The summed E-state index contributed by atoms with van der Waals surface area (Å²) in [6.07, 6.45) is 1.93. The van der Waals surface area contributed by atoms with Crippen LogP contribution in [-0.4, -0.2) is 34.3 Å². The summed E-state index contributed by atoms with van der Waals surface area (Å²) >= 11 is 1.54. The highest BCUT2D eigenvalue weighted by Crippen LogP contribution is 2.25. The topological polar surface area (TPSA) is 83.3 Å². The van der Waals surface area contributed by atoms with Crippen molar-refractivity contribution in [3.05, 3.63) is 58.4 Å². The lowest BCUT2D eigenvalue weighted by atomic mass is 10.2. The minimum absolute atomic E-state index is 0.280. The van der Waals surface area contributed by atoms with Crippen LogP contribution in [0.4, 0.5) is 0 Å². The van der Waals surface area contributed by atoms with Crippen molar-refractivity contribution in [1.29, 1.82) is 0 Å². The van der Waals surface area contributed by atoms with Crippen LogP contribution in [-0.2, 0) is 11.5 Å². The fourth-order valence-corrected chi connectivity index (χ4v) is 2.70. The molecular formula is C17H15N3O4S. The summed E-state index contributed by atoms with van der Waals surface area (Å²) < 4.78 is 11.4. The molecule has 0 fully saturated rings. The molecule has 25 heavy (non-hydrogen) atoms. The molecule has 0 N–H and O–H groups in total. The Kier molecular flexibility index (Phi) is 4.99. The highest BCUT2D eigenvalue weighted by molar-refractivity contribution is 7.98. The second-order valence-electron chi connectivity index (χ2n) is 5.04. The molecule has 0 amide bonds. The number of rotatable bonds is 5. The summed E-state index contributed by atoms with van der Waals surface area (Å²) in [5, 5.41) is 8.14. The van der Waals surface area contributed by atoms with Crippen LogP contribution < -0.4 is 10.3 Å². The van der Waals surface area contributed by atoms with Gasteiger partial charge in [-0.25, -0.2) is 4.79 Å². The lowest BCUT2D eigenvalue weighted by Crippen LogP contribution is -2.26. The van der Waals surface area contributed by atoms with E-state index in [2.05, 4.69) is 10.3 Å². The Balaban J connectivity index is 1.81. The second-order valence-corrected chi connectivity index (χ2v) is 5.92. The summed E-state index contributed by atoms with van der Waals surface area (Å²) in [5.41, 5.74) is 0.398. The Bertz CT molecular complexity index is 987. The molecule has 1 heterocycles. The molecule has 0 saturated heterocycles. The first kappa shape index (κ1) is 17.0. The average molecular weight is 357 g/mol. The van der Waals surface area contributed by atoms with Gasteiger partial charge >= 0.3 is 5.97 Å². The van der Waals surface area contributed by atoms with Crippen molar-refractivity contribution in [3.8, 4) is 5.75 Å². The number of benzene rings is 2. The number of ether oxygens (including phenoxy) is 2. The quantitative estimate of drug-likeness (QED) is 0.512. The maximum absolute atomic E-state index is 12.3. The number of methoxy groups -OCH3 is 1. The normalized spacial score (nSPS) is 10.6. The first-order valence-corrected chi connectivity index (χ1v) is 8.58. The molecule has 0 aliphatic rings. The number of hydrogen-bond acceptors (Lipinski definition) is 7. The molecular weight excluding hydrogens is 342 g/mol. The Morgan fingerprint density at radius 3 is 2.80 bits per heavy atom. The van der Waals surface area contributed by atoms with E-state index in [-0.39, 0.29) is 17.9 Å². The SMILES string of the molecule is COc1cc(SC)ccc1C(=O)OCn1nnc2ccccc2c1=O. The van der Waals surface area contributed by atoms with Crippen molar-refractivity contribution in [1.82, 2.24) is 15.0 Å². The first-order chi connectivity index (χ1) is 12.1. The van der Waals surface area contributed by atoms with Gasteiger partial charge in [0, 0.05) is 4.90 Å². The standard InChI is InChI=1S/C17H15N3O4S/c1-23-15-9-11(25-2)7-8-13(15)17(22)24-10-20-16(21)12-5-3-4-6-14(12)18-19-20/h3-9H,10H2,1-2H3. The van der Waals surface area contributed by atoms with Crippen molar-refractivity contribution < 1.29 is 14.3 Å². The molecule has 3 rings (SSSR count). The molecule has 2 aromatic carbocycles. The van der Waals surface area contributed by atoms with Crippen LogP contribution >= 0.6 is 11.8 Å². The second kappa shape index (κ2) is 7.35. The summed E-state index contributed by atoms with van der Waals surface area (Å²) in [6.45, 7) is -0.330. The number of nitrogens with zero attached hydrogens (tertiary/aromatic N) is 3. The number of carbonyl (C=O) groups is 1. The van der Waals surface area contributed by atoms with Gasteiger partial charge in [0.25, 0.3) is 5.56 Å². The Labute approximate surface area is 147 Å². The molecule has 0 bridgehead atoms. The van der Waals surface area contributed by atoms with Gasteiger partial charge in [0.1, 0.15) is 16.8 Å². The highest BCUT2D eigenvalue weighted by atomic mass is 32.2. The van der Waals surface area contributed by atoms with Gasteiger partial charge in [-0.05, 0) is 36.6 Å². The lowest BCUT2D eigenvalue weighted by molar-refractivity contribution is 0.0332. The van der Waals surface area contributed by atoms with Crippen molar-refractivity contribution in [3.63, 3.8) is 0 Å². The maximum atomic E-state index is 12.3. The predicted octanol–water partition coefficient (Wildman–Crippen LogP) is 2.34. The van der Waals surface area contributed by atoms with Crippen LogP contribution in [0.1, 0.15) is 10.4 Å². The predicted molar refractivity (Wildman–Crippen MR) is 94.0 cm³/mol. The molecule has 128 valence electrons. The molecule has 0 atom stereocenters.